The van der Waals surface area contributed by atoms with Gasteiger partial charge in [0.2, 0.25) is 0 Å². The molecule has 0 fully saturated rings. The number of nitrogens with one attached hydrogen (secondary N) is 1. The Hall–Kier alpha value is -2.11. The molecule has 0 saturated carbocycles. The standard InChI is InChI=1S/C15H21FN2O3/c1-3-18(13-8-6-12(16)7-9-13)15(21)17-10-4-5-11(2)14(19)20/h6-9,11H,3-5,10H2,1-2H3,(H,17,21)(H,19,20). The zero-order valence-electron chi connectivity index (χ0n) is 12.3. The van der Waals surface area contributed by atoms with Crippen LogP contribution in [-0.2, 0) is 4.79 Å². The third-order valence-electron chi connectivity index (χ3n) is 3.21. The Morgan fingerprint density at radius 2 is 1.95 bits per heavy atom. The van der Waals surface area contributed by atoms with Gasteiger partial charge in [0, 0.05) is 18.8 Å². The van der Waals surface area contributed by atoms with Gasteiger partial charge >= 0.3 is 12.0 Å². The van der Waals surface area contributed by atoms with Gasteiger partial charge in [0.1, 0.15) is 5.82 Å². The number of amides is 2. The van der Waals surface area contributed by atoms with Gasteiger partial charge in [-0.05, 0) is 44.0 Å². The Morgan fingerprint density at radius 3 is 2.48 bits per heavy atom. The molecule has 2 N–H and O–H groups in total. The molecule has 6 heteroatoms. The van der Waals surface area contributed by atoms with E-state index in [1.54, 1.807) is 19.1 Å². The first-order valence-electron chi connectivity index (χ1n) is 6.99. The highest BCUT2D eigenvalue weighted by atomic mass is 19.1. The number of carbonyl (C=O) groups is 2. The topological polar surface area (TPSA) is 69.6 Å². The van der Waals surface area contributed by atoms with Crippen LogP contribution in [0.1, 0.15) is 26.7 Å². The van der Waals surface area contributed by atoms with E-state index in [9.17, 15) is 14.0 Å². The van der Waals surface area contributed by atoms with Gasteiger partial charge in [0.05, 0.1) is 5.92 Å². The van der Waals surface area contributed by atoms with Crippen molar-refractivity contribution in [2.24, 2.45) is 5.92 Å². The lowest BCUT2D eigenvalue weighted by atomic mass is 10.1. The van der Waals surface area contributed by atoms with E-state index >= 15 is 0 Å². The van der Waals surface area contributed by atoms with E-state index in [0.29, 0.717) is 31.6 Å². The Bertz CT molecular complexity index is 476. The summed E-state index contributed by atoms with van der Waals surface area (Å²) in [5.41, 5.74) is 0.621. The molecule has 0 spiro atoms. The van der Waals surface area contributed by atoms with Crippen molar-refractivity contribution in [1.29, 1.82) is 0 Å². The van der Waals surface area contributed by atoms with E-state index in [-0.39, 0.29) is 11.8 Å². The molecule has 0 aliphatic heterocycles. The normalized spacial score (nSPS) is 11.8. The van der Waals surface area contributed by atoms with Crippen molar-refractivity contribution in [1.82, 2.24) is 5.32 Å². The molecule has 0 radical (unpaired) electrons. The van der Waals surface area contributed by atoms with Crippen LogP contribution in [0.4, 0.5) is 14.9 Å². The minimum Gasteiger partial charge on any atom is -0.481 e. The van der Waals surface area contributed by atoms with E-state index in [1.165, 1.54) is 17.0 Å². The van der Waals surface area contributed by atoms with Crippen LogP contribution >= 0.6 is 0 Å². The SMILES string of the molecule is CCN(C(=O)NCCCC(C)C(=O)O)c1ccc(F)cc1. The highest BCUT2D eigenvalue weighted by Crippen LogP contribution is 2.14. The van der Waals surface area contributed by atoms with Crippen molar-refractivity contribution in [2.75, 3.05) is 18.0 Å². The van der Waals surface area contributed by atoms with Crippen molar-refractivity contribution in [3.63, 3.8) is 0 Å². The van der Waals surface area contributed by atoms with Crippen LogP contribution < -0.4 is 10.2 Å². The first kappa shape index (κ1) is 16.9. The second-order valence-corrected chi connectivity index (χ2v) is 4.83. The molecule has 1 atom stereocenters. The highest BCUT2D eigenvalue weighted by Gasteiger charge is 2.14. The number of carbonyl (C=O) groups excluding carboxylic acids is 1. The largest absolute Gasteiger partial charge is 0.481 e. The maximum atomic E-state index is 12.9. The molecular formula is C15H21FN2O3. The monoisotopic (exact) mass is 296 g/mol. The summed E-state index contributed by atoms with van der Waals surface area (Å²) in [4.78, 5) is 24.2. The molecule has 1 rings (SSSR count). The highest BCUT2D eigenvalue weighted by molar-refractivity contribution is 5.91. The number of carboxylic acids is 1. The van der Waals surface area contributed by atoms with Gasteiger partial charge in [0.25, 0.3) is 0 Å². The Morgan fingerprint density at radius 1 is 1.33 bits per heavy atom. The zero-order valence-corrected chi connectivity index (χ0v) is 12.3. The van der Waals surface area contributed by atoms with E-state index in [1.807, 2.05) is 6.92 Å². The maximum Gasteiger partial charge on any atom is 0.321 e. The van der Waals surface area contributed by atoms with Gasteiger partial charge in [-0.15, -0.1) is 0 Å². The quantitative estimate of drug-likeness (QED) is 0.760. The Kier molecular flexibility index (Phi) is 6.65. The third-order valence-corrected chi connectivity index (χ3v) is 3.21. The molecule has 5 nitrogen and oxygen atoms in total. The average molecular weight is 296 g/mol. The van der Waals surface area contributed by atoms with Crippen LogP contribution in [0.25, 0.3) is 0 Å². The fourth-order valence-corrected chi connectivity index (χ4v) is 1.89. The summed E-state index contributed by atoms with van der Waals surface area (Å²) >= 11 is 0. The second-order valence-electron chi connectivity index (χ2n) is 4.83. The number of anilines is 1. The minimum atomic E-state index is -0.831. The van der Waals surface area contributed by atoms with Crippen LogP contribution in [0.2, 0.25) is 0 Å². The summed E-state index contributed by atoms with van der Waals surface area (Å²) in [7, 11) is 0. The van der Waals surface area contributed by atoms with E-state index < -0.39 is 11.9 Å². The molecule has 0 aliphatic carbocycles. The summed E-state index contributed by atoms with van der Waals surface area (Å²) in [5, 5.41) is 11.5. The molecule has 0 aromatic heterocycles. The summed E-state index contributed by atoms with van der Waals surface area (Å²) in [6, 6.07) is 5.43. The molecular weight excluding hydrogens is 275 g/mol. The van der Waals surface area contributed by atoms with Gasteiger partial charge in [-0.1, -0.05) is 6.92 Å². The lowest BCUT2D eigenvalue weighted by Gasteiger charge is -2.21. The number of rotatable bonds is 7. The van der Waals surface area contributed by atoms with Gasteiger partial charge in [-0.25, -0.2) is 9.18 Å². The first-order valence-corrected chi connectivity index (χ1v) is 6.99. The minimum absolute atomic E-state index is 0.271. The predicted molar refractivity (Wildman–Crippen MR) is 78.9 cm³/mol. The second kappa shape index (κ2) is 8.24. The van der Waals surface area contributed by atoms with Gasteiger partial charge < -0.3 is 10.4 Å². The number of hydrogen-bond donors (Lipinski definition) is 2. The molecule has 21 heavy (non-hydrogen) atoms. The number of hydrogen-bond acceptors (Lipinski definition) is 2. The van der Waals surface area contributed by atoms with Crippen LogP contribution in [0, 0.1) is 11.7 Å². The fourth-order valence-electron chi connectivity index (χ4n) is 1.89. The lowest BCUT2D eigenvalue weighted by molar-refractivity contribution is -0.141. The number of nitrogens with zero attached hydrogens (tertiary/aromatic N) is 1. The zero-order chi connectivity index (χ0) is 15.8. The van der Waals surface area contributed by atoms with E-state index in [0.717, 1.165) is 0 Å². The first-order chi connectivity index (χ1) is 9.95. The lowest BCUT2D eigenvalue weighted by Crippen LogP contribution is -2.40. The summed E-state index contributed by atoms with van der Waals surface area (Å²) in [6.07, 6.45) is 1.11. The predicted octanol–water partition coefficient (Wildman–Crippen LogP) is 2.86. The van der Waals surface area contributed by atoms with Crippen molar-refractivity contribution < 1.29 is 19.1 Å². The van der Waals surface area contributed by atoms with Crippen molar-refractivity contribution in [2.45, 2.75) is 26.7 Å². The number of urea groups is 1. The maximum absolute atomic E-state index is 12.9. The van der Waals surface area contributed by atoms with Crippen LogP contribution in [0.15, 0.2) is 24.3 Å². The summed E-state index contributed by atoms with van der Waals surface area (Å²) in [6.45, 7) is 4.34. The summed E-state index contributed by atoms with van der Waals surface area (Å²) in [5.74, 6) is -1.60. The molecule has 1 unspecified atom stereocenters. The smallest absolute Gasteiger partial charge is 0.321 e. The molecule has 0 heterocycles. The average Bonchev–Trinajstić information content (AvgIpc) is 2.46. The van der Waals surface area contributed by atoms with Crippen molar-refractivity contribution in [3.05, 3.63) is 30.1 Å². The molecule has 1 aromatic carbocycles. The number of halogens is 1. The van der Waals surface area contributed by atoms with Gasteiger partial charge in [0.15, 0.2) is 0 Å². The van der Waals surface area contributed by atoms with Crippen LogP contribution in [-0.4, -0.2) is 30.2 Å². The van der Waals surface area contributed by atoms with E-state index in [2.05, 4.69) is 5.32 Å². The fraction of sp³-hybridized carbons (Fsp3) is 0.467. The molecule has 0 aliphatic rings. The molecule has 1 aromatic rings. The summed E-state index contributed by atoms with van der Waals surface area (Å²) < 4.78 is 12.9. The van der Waals surface area contributed by atoms with Crippen LogP contribution in [0.3, 0.4) is 0 Å². The van der Waals surface area contributed by atoms with Crippen LogP contribution in [0.5, 0.6) is 0 Å². The number of benzene rings is 1. The Labute approximate surface area is 123 Å². The molecule has 116 valence electrons. The third kappa shape index (κ3) is 5.41. The van der Waals surface area contributed by atoms with Gasteiger partial charge in [-0.2, -0.15) is 0 Å². The van der Waals surface area contributed by atoms with Crippen molar-refractivity contribution >= 4 is 17.7 Å². The van der Waals surface area contributed by atoms with Gasteiger partial charge in [-0.3, -0.25) is 9.69 Å². The molecule has 0 bridgehead atoms. The Balaban J connectivity index is 2.45. The molecule has 2 amide bonds. The number of carboxylic acid groups (broad SMARTS) is 1. The van der Waals surface area contributed by atoms with Crippen molar-refractivity contribution in [3.8, 4) is 0 Å². The molecule has 0 saturated heterocycles. The number of aliphatic carboxylic acids is 1. The van der Waals surface area contributed by atoms with E-state index in [4.69, 9.17) is 5.11 Å².